The van der Waals surface area contributed by atoms with Gasteiger partial charge in [-0.25, -0.2) is 0 Å². The van der Waals surface area contributed by atoms with E-state index >= 15 is 0 Å². The number of likely N-dealkylation sites (tertiary alicyclic amines) is 1. The lowest BCUT2D eigenvalue weighted by atomic mass is 9.96. The number of hydrogen-bond donors (Lipinski definition) is 1. The van der Waals surface area contributed by atoms with Gasteiger partial charge in [0.05, 0.1) is 0 Å². The molecule has 138 valence electrons. The van der Waals surface area contributed by atoms with E-state index in [0.29, 0.717) is 0 Å². The molecule has 2 aromatic rings. The van der Waals surface area contributed by atoms with E-state index < -0.39 is 0 Å². The maximum absolute atomic E-state index is 6.11. The second-order valence-electron chi connectivity index (χ2n) is 7.36. The van der Waals surface area contributed by atoms with Crippen LogP contribution in [-0.2, 0) is 6.54 Å². The van der Waals surface area contributed by atoms with Gasteiger partial charge in [0, 0.05) is 23.7 Å². The highest BCUT2D eigenvalue weighted by Crippen LogP contribution is 2.34. The third-order valence-corrected chi connectivity index (χ3v) is 6.52. The van der Waals surface area contributed by atoms with Crippen LogP contribution >= 0.6 is 11.8 Å². The normalized spacial score (nSPS) is 21.2. The number of benzene rings is 2. The maximum atomic E-state index is 6.11. The molecule has 2 aliphatic rings. The van der Waals surface area contributed by atoms with E-state index in [1.807, 2.05) is 11.8 Å². The van der Waals surface area contributed by atoms with E-state index in [1.165, 1.54) is 36.4 Å². The second-order valence-corrected chi connectivity index (χ2v) is 8.42. The zero-order valence-corrected chi connectivity index (χ0v) is 16.1. The highest BCUT2D eigenvalue weighted by Gasteiger charge is 2.22. The van der Waals surface area contributed by atoms with Crippen LogP contribution in [0.25, 0.3) is 0 Å². The van der Waals surface area contributed by atoms with E-state index in [4.69, 9.17) is 4.74 Å². The average Bonchev–Trinajstić information content (AvgIpc) is 2.70. The number of piperidine rings is 1. The molecule has 0 spiro atoms. The van der Waals surface area contributed by atoms with Gasteiger partial charge in [-0.2, -0.15) is 0 Å². The highest BCUT2D eigenvalue weighted by atomic mass is 32.2. The molecule has 1 unspecified atom stereocenters. The summed E-state index contributed by atoms with van der Waals surface area (Å²) in [5, 5.41) is 3.66. The summed E-state index contributed by atoms with van der Waals surface area (Å²) in [6.45, 7) is 5.58. The number of nitrogens with zero attached hydrogens (tertiary/aromatic N) is 1. The van der Waals surface area contributed by atoms with Crippen molar-refractivity contribution in [3.05, 3.63) is 60.2 Å². The van der Waals surface area contributed by atoms with Gasteiger partial charge in [-0.1, -0.05) is 42.5 Å². The zero-order chi connectivity index (χ0) is 17.6. The van der Waals surface area contributed by atoms with Crippen molar-refractivity contribution in [3.63, 3.8) is 0 Å². The van der Waals surface area contributed by atoms with Gasteiger partial charge in [0.25, 0.3) is 0 Å². The molecule has 2 aliphatic heterocycles. The Kier molecular flexibility index (Phi) is 6.15. The van der Waals surface area contributed by atoms with E-state index in [0.717, 1.165) is 37.1 Å². The third-order valence-electron chi connectivity index (χ3n) is 5.33. The number of rotatable bonds is 6. The van der Waals surface area contributed by atoms with Gasteiger partial charge in [0.15, 0.2) is 0 Å². The van der Waals surface area contributed by atoms with Gasteiger partial charge < -0.3 is 10.1 Å². The molecule has 26 heavy (non-hydrogen) atoms. The van der Waals surface area contributed by atoms with E-state index in [-0.39, 0.29) is 6.10 Å². The van der Waals surface area contributed by atoms with Gasteiger partial charge in [0.1, 0.15) is 11.9 Å². The first-order valence-corrected chi connectivity index (χ1v) is 10.7. The summed E-state index contributed by atoms with van der Waals surface area (Å²) in [5.41, 5.74) is 1.43. The highest BCUT2D eigenvalue weighted by molar-refractivity contribution is 7.99. The monoisotopic (exact) mass is 368 g/mol. The lowest BCUT2D eigenvalue weighted by molar-refractivity contribution is 0.168. The van der Waals surface area contributed by atoms with Crippen molar-refractivity contribution < 1.29 is 4.74 Å². The fourth-order valence-corrected chi connectivity index (χ4v) is 4.79. The van der Waals surface area contributed by atoms with Crippen molar-refractivity contribution >= 4 is 11.8 Å². The summed E-state index contributed by atoms with van der Waals surface area (Å²) in [6, 6.07) is 19.2. The molecule has 1 fully saturated rings. The number of para-hydroxylation sites is 1. The molecule has 0 aliphatic carbocycles. The summed E-state index contributed by atoms with van der Waals surface area (Å²) >= 11 is 1.91. The van der Waals surface area contributed by atoms with Crippen LogP contribution in [0.5, 0.6) is 5.75 Å². The second kappa shape index (κ2) is 8.94. The molecule has 2 heterocycles. The lowest BCUT2D eigenvalue weighted by Gasteiger charge is -2.32. The Morgan fingerprint density at radius 2 is 1.73 bits per heavy atom. The van der Waals surface area contributed by atoms with Crippen molar-refractivity contribution in [1.29, 1.82) is 0 Å². The summed E-state index contributed by atoms with van der Waals surface area (Å²) in [4.78, 5) is 3.86. The third kappa shape index (κ3) is 4.81. The smallest absolute Gasteiger partial charge is 0.133 e. The van der Waals surface area contributed by atoms with Crippen molar-refractivity contribution in [3.8, 4) is 5.75 Å². The topological polar surface area (TPSA) is 24.5 Å². The first kappa shape index (κ1) is 17.9. The molecule has 0 bridgehead atoms. The van der Waals surface area contributed by atoms with Gasteiger partial charge in [-0.3, -0.25) is 4.90 Å². The van der Waals surface area contributed by atoms with Crippen LogP contribution in [0.2, 0.25) is 0 Å². The number of ether oxygens (including phenoxy) is 1. The Labute approximate surface area is 161 Å². The average molecular weight is 369 g/mol. The Bertz CT molecular complexity index is 686. The first-order valence-electron chi connectivity index (χ1n) is 9.72. The first-order chi connectivity index (χ1) is 12.9. The van der Waals surface area contributed by atoms with Crippen LogP contribution in [0, 0.1) is 5.92 Å². The number of nitrogens with one attached hydrogen (secondary N) is 1. The molecule has 4 rings (SSSR count). The lowest BCUT2D eigenvalue weighted by Crippen LogP contribution is -2.40. The van der Waals surface area contributed by atoms with Crippen LogP contribution in [0.1, 0.15) is 18.4 Å². The summed E-state index contributed by atoms with van der Waals surface area (Å²) < 4.78 is 6.11. The van der Waals surface area contributed by atoms with E-state index in [1.54, 1.807) is 0 Å². The predicted molar refractivity (Wildman–Crippen MR) is 109 cm³/mol. The molecule has 2 aromatic carbocycles. The number of fused-ring (bicyclic) bond motifs is 1. The largest absolute Gasteiger partial charge is 0.487 e. The van der Waals surface area contributed by atoms with Crippen molar-refractivity contribution in [1.82, 2.24) is 10.2 Å². The number of hydrogen-bond acceptors (Lipinski definition) is 4. The quantitative estimate of drug-likeness (QED) is 0.832. The Morgan fingerprint density at radius 1 is 0.962 bits per heavy atom. The van der Waals surface area contributed by atoms with Crippen molar-refractivity contribution in [2.75, 3.05) is 31.9 Å². The van der Waals surface area contributed by atoms with Crippen molar-refractivity contribution in [2.45, 2.75) is 30.4 Å². The van der Waals surface area contributed by atoms with Gasteiger partial charge in [0.2, 0.25) is 0 Å². The molecule has 3 nitrogen and oxygen atoms in total. The molecular weight excluding hydrogens is 340 g/mol. The van der Waals surface area contributed by atoms with Crippen LogP contribution in [-0.4, -0.2) is 42.9 Å². The standard InChI is InChI=1S/C22H28N2OS/c1-2-6-19(7-3-1)16-24-12-10-18(11-13-24)14-23-15-20-17-26-22-9-5-4-8-21(22)25-20/h1-9,18,20,23H,10-17H2. The van der Waals surface area contributed by atoms with Crippen LogP contribution in [0.4, 0.5) is 0 Å². The minimum atomic E-state index is 0.285. The van der Waals surface area contributed by atoms with Crippen LogP contribution in [0.3, 0.4) is 0 Å². The Hall–Kier alpha value is -1.49. The van der Waals surface area contributed by atoms with Gasteiger partial charge >= 0.3 is 0 Å². The van der Waals surface area contributed by atoms with E-state index in [2.05, 4.69) is 64.8 Å². The maximum Gasteiger partial charge on any atom is 0.133 e. The fraction of sp³-hybridized carbons (Fsp3) is 0.455. The minimum absolute atomic E-state index is 0.285. The molecule has 0 radical (unpaired) electrons. The summed E-state index contributed by atoms with van der Waals surface area (Å²) in [7, 11) is 0. The van der Waals surface area contributed by atoms with Gasteiger partial charge in [-0.15, -0.1) is 11.8 Å². The Balaban J connectivity index is 1.15. The molecule has 1 atom stereocenters. The predicted octanol–water partition coefficient (Wildman–Crippen LogP) is 4.04. The zero-order valence-electron chi connectivity index (χ0n) is 15.3. The van der Waals surface area contributed by atoms with Gasteiger partial charge in [-0.05, 0) is 56.1 Å². The summed E-state index contributed by atoms with van der Waals surface area (Å²) in [6.07, 6.45) is 2.87. The molecule has 1 N–H and O–H groups in total. The SMILES string of the molecule is c1ccc(CN2CCC(CNCC3CSc4ccccc4O3)CC2)cc1. The molecule has 0 amide bonds. The molecular formula is C22H28N2OS. The molecule has 0 aromatic heterocycles. The Morgan fingerprint density at radius 3 is 2.58 bits per heavy atom. The van der Waals surface area contributed by atoms with Crippen molar-refractivity contribution in [2.24, 2.45) is 5.92 Å². The van der Waals surface area contributed by atoms with E-state index in [9.17, 15) is 0 Å². The minimum Gasteiger partial charge on any atom is -0.487 e. The van der Waals surface area contributed by atoms with Crippen LogP contribution < -0.4 is 10.1 Å². The molecule has 4 heteroatoms. The molecule has 0 saturated carbocycles. The molecule has 1 saturated heterocycles. The fourth-order valence-electron chi connectivity index (χ4n) is 3.80. The summed E-state index contributed by atoms with van der Waals surface area (Å²) in [5.74, 6) is 2.88. The number of thioether (sulfide) groups is 1. The van der Waals surface area contributed by atoms with Crippen LogP contribution in [0.15, 0.2) is 59.5 Å².